The van der Waals surface area contributed by atoms with Gasteiger partial charge in [-0.15, -0.1) is 0 Å². The maximum atomic E-state index is 13.9. The third kappa shape index (κ3) is 3.79. The van der Waals surface area contributed by atoms with Gasteiger partial charge in [-0.25, -0.2) is 9.37 Å². The van der Waals surface area contributed by atoms with E-state index >= 15 is 0 Å². The van der Waals surface area contributed by atoms with Gasteiger partial charge in [0.15, 0.2) is 5.69 Å². The number of carbonyl (C=O) groups is 1. The number of rotatable bonds is 4. The van der Waals surface area contributed by atoms with E-state index in [0.717, 1.165) is 10.0 Å². The molecular weight excluding hydrogens is 387 g/mol. The molecule has 0 saturated carbocycles. The molecule has 0 saturated heterocycles. The molecule has 0 atom stereocenters. The molecule has 3 rings (SSSR count). The molecule has 0 N–H and O–H groups in total. The lowest BCUT2D eigenvalue weighted by atomic mass is 10.2. The van der Waals surface area contributed by atoms with Crippen LogP contribution in [-0.2, 0) is 6.54 Å². The molecule has 4 nitrogen and oxygen atoms in total. The average molecular weight is 403 g/mol. The number of oxazole rings is 1. The van der Waals surface area contributed by atoms with Gasteiger partial charge in [0, 0.05) is 29.2 Å². The van der Waals surface area contributed by atoms with E-state index in [0.29, 0.717) is 17.2 Å². The van der Waals surface area contributed by atoms with Gasteiger partial charge in [0.25, 0.3) is 5.91 Å². The van der Waals surface area contributed by atoms with Crippen LogP contribution in [0, 0.1) is 12.7 Å². The minimum atomic E-state index is -0.357. The van der Waals surface area contributed by atoms with E-state index < -0.39 is 0 Å². The molecule has 2 aromatic carbocycles. The Bertz CT molecular complexity index is 909. The maximum Gasteiger partial charge on any atom is 0.276 e. The van der Waals surface area contributed by atoms with Crippen molar-refractivity contribution in [2.24, 2.45) is 0 Å². The zero-order chi connectivity index (χ0) is 18.0. The predicted molar refractivity (Wildman–Crippen MR) is 96.6 cm³/mol. The quantitative estimate of drug-likeness (QED) is 0.627. The van der Waals surface area contributed by atoms with Crippen LogP contribution >= 0.6 is 15.9 Å². The summed E-state index contributed by atoms with van der Waals surface area (Å²) in [6.07, 6.45) is 0. The van der Waals surface area contributed by atoms with E-state index in [1.54, 1.807) is 26.1 Å². The van der Waals surface area contributed by atoms with Crippen LogP contribution in [0.5, 0.6) is 0 Å². The Labute approximate surface area is 153 Å². The standard InChI is InChI=1S/C19H16BrFN2O2/c1-12-17(22-18(25-12)13-6-4-3-5-7-13)19(24)23(2)11-14-10-15(20)8-9-16(14)21/h3-10H,11H2,1-2H3. The summed E-state index contributed by atoms with van der Waals surface area (Å²) >= 11 is 3.31. The van der Waals surface area contributed by atoms with Crippen molar-refractivity contribution in [2.75, 3.05) is 7.05 Å². The second kappa shape index (κ2) is 7.19. The molecule has 1 amide bonds. The lowest BCUT2D eigenvalue weighted by Gasteiger charge is -2.16. The summed E-state index contributed by atoms with van der Waals surface area (Å²) in [6.45, 7) is 1.83. The number of aryl methyl sites for hydroxylation is 1. The first-order valence-electron chi connectivity index (χ1n) is 7.68. The van der Waals surface area contributed by atoms with E-state index in [1.165, 1.54) is 11.0 Å². The van der Waals surface area contributed by atoms with Gasteiger partial charge in [-0.1, -0.05) is 34.1 Å². The molecule has 0 aliphatic carbocycles. The Morgan fingerprint density at radius 3 is 2.68 bits per heavy atom. The summed E-state index contributed by atoms with van der Waals surface area (Å²) in [6, 6.07) is 14.0. The lowest BCUT2D eigenvalue weighted by Crippen LogP contribution is -2.27. The molecule has 1 aromatic heterocycles. The van der Waals surface area contributed by atoms with Crippen LogP contribution in [0.2, 0.25) is 0 Å². The van der Waals surface area contributed by atoms with Crippen LogP contribution in [0.25, 0.3) is 11.5 Å². The van der Waals surface area contributed by atoms with Gasteiger partial charge < -0.3 is 9.32 Å². The van der Waals surface area contributed by atoms with E-state index in [4.69, 9.17) is 4.42 Å². The highest BCUT2D eigenvalue weighted by Crippen LogP contribution is 2.23. The Morgan fingerprint density at radius 2 is 1.96 bits per heavy atom. The molecule has 0 aliphatic heterocycles. The first kappa shape index (κ1) is 17.4. The topological polar surface area (TPSA) is 46.3 Å². The van der Waals surface area contributed by atoms with Crippen molar-refractivity contribution in [3.05, 3.63) is 75.8 Å². The van der Waals surface area contributed by atoms with Gasteiger partial charge in [-0.3, -0.25) is 4.79 Å². The third-order valence-electron chi connectivity index (χ3n) is 3.78. The number of benzene rings is 2. The number of amides is 1. The van der Waals surface area contributed by atoms with E-state index in [-0.39, 0.29) is 24.0 Å². The summed E-state index contributed by atoms with van der Waals surface area (Å²) < 4.78 is 20.3. The molecule has 0 unspecified atom stereocenters. The van der Waals surface area contributed by atoms with Crippen LogP contribution in [0.3, 0.4) is 0 Å². The molecule has 0 aliphatic rings. The maximum absolute atomic E-state index is 13.9. The Balaban J connectivity index is 1.83. The molecule has 0 radical (unpaired) electrons. The minimum absolute atomic E-state index is 0.136. The zero-order valence-corrected chi connectivity index (χ0v) is 15.4. The second-order valence-corrected chi connectivity index (χ2v) is 6.60. The smallest absolute Gasteiger partial charge is 0.276 e. The van der Waals surface area contributed by atoms with Crippen LogP contribution in [0.15, 0.2) is 57.4 Å². The van der Waals surface area contributed by atoms with E-state index in [1.807, 2.05) is 30.3 Å². The van der Waals surface area contributed by atoms with Crippen molar-refractivity contribution in [1.29, 1.82) is 0 Å². The largest absolute Gasteiger partial charge is 0.441 e. The Kier molecular flexibility index (Phi) is 4.99. The molecule has 0 bridgehead atoms. The van der Waals surface area contributed by atoms with Gasteiger partial charge in [0.05, 0.1) is 0 Å². The highest BCUT2D eigenvalue weighted by Gasteiger charge is 2.22. The van der Waals surface area contributed by atoms with Gasteiger partial charge in [0.2, 0.25) is 5.89 Å². The van der Waals surface area contributed by atoms with Crippen molar-refractivity contribution >= 4 is 21.8 Å². The van der Waals surface area contributed by atoms with Crippen molar-refractivity contribution in [3.63, 3.8) is 0 Å². The number of hydrogen-bond donors (Lipinski definition) is 0. The van der Waals surface area contributed by atoms with E-state index in [9.17, 15) is 9.18 Å². The van der Waals surface area contributed by atoms with E-state index in [2.05, 4.69) is 20.9 Å². The molecular formula is C19H16BrFN2O2. The monoisotopic (exact) mass is 402 g/mol. The molecule has 128 valence electrons. The van der Waals surface area contributed by atoms with Crippen LogP contribution < -0.4 is 0 Å². The summed E-state index contributed by atoms with van der Waals surface area (Å²) in [5.74, 6) is 0.154. The first-order valence-corrected chi connectivity index (χ1v) is 8.47. The van der Waals surface area contributed by atoms with Crippen molar-refractivity contribution in [3.8, 4) is 11.5 Å². The van der Waals surface area contributed by atoms with Crippen LogP contribution in [0.1, 0.15) is 21.8 Å². The number of hydrogen-bond acceptors (Lipinski definition) is 3. The fraction of sp³-hybridized carbons (Fsp3) is 0.158. The molecule has 6 heteroatoms. The van der Waals surface area contributed by atoms with Crippen molar-refractivity contribution in [1.82, 2.24) is 9.88 Å². The lowest BCUT2D eigenvalue weighted by molar-refractivity contribution is 0.0777. The van der Waals surface area contributed by atoms with Gasteiger partial charge >= 0.3 is 0 Å². The fourth-order valence-electron chi connectivity index (χ4n) is 2.47. The molecule has 1 heterocycles. The van der Waals surface area contributed by atoms with Gasteiger partial charge in [-0.2, -0.15) is 0 Å². The van der Waals surface area contributed by atoms with Gasteiger partial charge in [-0.05, 0) is 37.3 Å². The number of carbonyl (C=O) groups excluding carboxylic acids is 1. The zero-order valence-electron chi connectivity index (χ0n) is 13.8. The summed E-state index contributed by atoms with van der Waals surface area (Å²) in [7, 11) is 1.61. The summed E-state index contributed by atoms with van der Waals surface area (Å²) in [5.41, 5.74) is 1.46. The summed E-state index contributed by atoms with van der Waals surface area (Å²) in [5, 5.41) is 0. The highest BCUT2D eigenvalue weighted by molar-refractivity contribution is 9.10. The number of aromatic nitrogens is 1. The number of halogens is 2. The van der Waals surface area contributed by atoms with Crippen LogP contribution in [-0.4, -0.2) is 22.8 Å². The normalized spacial score (nSPS) is 10.7. The predicted octanol–water partition coefficient (Wildman–Crippen LogP) is 4.82. The first-order chi connectivity index (χ1) is 12.0. The van der Waals surface area contributed by atoms with Crippen molar-refractivity contribution in [2.45, 2.75) is 13.5 Å². The average Bonchev–Trinajstić information content (AvgIpc) is 3.00. The molecule has 25 heavy (non-hydrogen) atoms. The highest BCUT2D eigenvalue weighted by atomic mass is 79.9. The van der Waals surface area contributed by atoms with Crippen LogP contribution in [0.4, 0.5) is 4.39 Å². The Morgan fingerprint density at radius 1 is 1.24 bits per heavy atom. The molecule has 0 fully saturated rings. The fourth-order valence-corrected chi connectivity index (χ4v) is 2.88. The third-order valence-corrected chi connectivity index (χ3v) is 4.28. The molecule has 3 aromatic rings. The second-order valence-electron chi connectivity index (χ2n) is 5.69. The Hall–Kier alpha value is -2.47. The van der Waals surface area contributed by atoms with Gasteiger partial charge in [0.1, 0.15) is 11.6 Å². The van der Waals surface area contributed by atoms with Crippen molar-refractivity contribution < 1.29 is 13.6 Å². The number of nitrogens with zero attached hydrogens (tertiary/aromatic N) is 2. The summed E-state index contributed by atoms with van der Waals surface area (Å²) in [4.78, 5) is 18.4. The SMILES string of the molecule is Cc1oc(-c2ccccc2)nc1C(=O)N(C)Cc1cc(Br)ccc1F. The molecule has 0 spiro atoms. The minimum Gasteiger partial charge on any atom is -0.441 e.